The maximum Gasteiger partial charge on any atom is 0.418 e. The minimum absolute atomic E-state index is 0.104. The van der Waals surface area contributed by atoms with Crippen LogP contribution in [-0.4, -0.2) is 40.0 Å². The van der Waals surface area contributed by atoms with E-state index in [1.165, 1.54) is 12.8 Å². The third kappa shape index (κ3) is 6.25. The Bertz CT molecular complexity index is 753. The number of amides is 1. The summed E-state index contributed by atoms with van der Waals surface area (Å²) in [4.78, 5) is 42.9. The molecule has 1 unspecified atom stereocenters. The van der Waals surface area contributed by atoms with Gasteiger partial charge >= 0.3 is 12.6 Å². The first-order valence-electron chi connectivity index (χ1n) is 8.39. The molecule has 1 aromatic carbocycles. The van der Waals surface area contributed by atoms with Crippen LogP contribution in [-0.2, 0) is 25.5 Å². The number of alkyl carbamates (subject to hydrolysis) is 1. The Morgan fingerprint density at radius 3 is 2.52 bits per heavy atom. The summed E-state index contributed by atoms with van der Waals surface area (Å²) in [6.07, 6.45) is 1.23. The lowest BCUT2D eigenvalue weighted by molar-refractivity contribution is -0.128. The summed E-state index contributed by atoms with van der Waals surface area (Å²) in [5, 5.41) is 2.55. The molecule has 1 radical (unpaired) electrons. The fourth-order valence-electron chi connectivity index (χ4n) is 2.43. The molecule has 27 heavy (non-hydrogen) atoms. The third-order valence-corrected chi connectivity index (χ3v) is 3.53. The van der Waals surface area contributed by atoms with E-state index in [-0.39, 0.29) is 6.42 Å². The van der Waals surface area contributed by atoms with E-state index in [1.54, 1.807) is 57.3 Å². The molecule has 1 aromatic heterocycles. The van der Waals surface area contributed by atoms with Gasteiger partial charge in [0.25, 0.3) is 0 Å². The topological polar surface area (TPSA) is 110 Å². The lowest BCUT2D eigenvalue weighted by Gasteiger charge is -2.25. The van der Waals surface area contributed by atoms with E-state index < -0.39 is 29.6 Å². The Balaban J connectivity index is 2.25. The van der Waals surface area contributed by atoms with Crippen LogP contribution in [0.2, 0.25) is 0 Å². The highest BCUT2D eigenvalue weighted by atomic mass is 16.6. The number of nitrogens with zero attached hydrogens (tertiary/aromatic N) is 1. The molecule has 2 atom stereocenters. The molecule has 0 saturated carbocycles. The van der Waals surface area contributed by atoms with Crippen molar-refractivity contribution in [3.05, 3.63) is 54.1 Å². The highest BCUT2D eigenvalue weighted by Gasteiger charge is 2.33. The van der Waals surface area contributed by atoms with Gasteiger partial charge < -0.3 is 19.8 Å². The van der Waals surface area contributed by atoms with E-state index in [1.807, 2.05) is 0 Å². The second kappa shape index (κ2) is 8.98. The molecule has 0 aliphatic heterocycles. The van der Waals surface area contributed by atoms with Crippen LogP contribution in [0.3, 0.4) is 0 Å². The summed E-state index contributed by atoms with van der Waals surface area (Å²) < 4.78 is 10.1. The number of ketones is 1. The van der Waals surface area contributed by atoms with Gasteiger partial charge in [-0.15, -0.1) is 0 Å². The first kappa shape index (κ1) is 20.2. The molecule has 0 aliphatic carbocycles. The number of benzene rings is 1. The SMILES string of the molecule is CC(C)(C)OC(=O)N[C@@H](Cc1c[nH]cn1)C(=O)C(O[C]=O)c1ccccc1. The Hall–Kier alpha value is -3.16. The van der Waals surface area contributed by atoms with Gasteiger partial charge in [0, 0.05) is 18.2 Å². The van der Waals surface area contributed by atoms with E-state index in [9.17, 15) is 14.4 Å². The Labute approximate surface area is 157 Å². The van der Waals surface area contributed by atoms with Crippen molar-refractivity contribution in [1.82, 2.24) is 15.3 Å². The summed E-state index contributed by atoms with van der Waals surface area (Å²) in [5.74, 6) is -0.515. The van der Waals surface area contributed by atoms with Crippen LogP contribution >= 0.6 is 0 Å². The number of ether oxygens (including phenoxy) is 2. The van der Waals surface area contributed by atoms with Crippen molar-refractivity contribution in [2.75, 3.05) is 0 Å². The van der Waals surface area contributed by atoms with E-state index >= 15 is 0 Å². The van der Waals surface area contributed by atoms with Crippen molar-refractivity contribution in [3.63, 3.8) is 0 Å². The Morgan fingerprint density at radius 2 is 1.96 bits per heavy atom. The number of carbonyl (C=O) groups is 2. The van der Waals surface area contributed by atoms with Gasteiger partial charge in [-0.2, -0.15) is 0 Å². The molecule has 0 spiro atoms. The summed E-state index contributed by atoms with van der Waals surface area (Å²) in [5.41, 5.74) is 0.311. The van der Waals surface area contributed by atoms with E-state index in [0.717, 1.165) is 0 Å². The van der Waals surface area contributed by atoms with Crippen LogP contribution in [0, 0.1) is 0 Å². The molecule has 1 amide bonds. The number of H-pyrrole nitrogens is 1. The van der Waals surface area contributed by atoms with Crippen LogP contribution < -0.4 is 5.32 Å². The summed E-state index contributed by atoms with van der Waals surface area (Å²) >= 11 is 0. The fourth-order valence-corrected chi connectivity index (χ4v) is 2.43. The molecule has 0 bridgehead atoms. The van der Waals surface area contributed by atoms with Crippen LogP contribution in [0.25, 0.3) is 0 Å². The molecule has 2 aromatic rings. The molecule has 2 rings (SSSR count). The van der Waals surface area contributed by atoms with E-state index in [0.29, 0.717) is 11.3 Å². The maximum absolute atomic E-state index is 13.0. The summed E-state index contributed by atoms with van der Waals surface area (Å²) in [6, 6.07) is 7.50. The van der Waals surface area contributed by atoms with Crippen LogP contribution in [0.1, 0.15) is 38.1 Å². The number of aromatic nitrogens is 2. The molecule has 0 fully saturated rings. The van der Waals surface area contributed by atoms with Crippen molar-refractivity contribution in [1.29, 1.82) is 0 Å². The number of imidazole rings is 1. The monoisotopic (exact) mass is 372 g/mol. The predicted octanol–water partition coefficient (Wildman–Crippen LogP) is 2.24. The van der Waals surface area contributed by atoms with Gasteiger partial charge in [0.05, 0.1) is 12.0 Å². The second-order valence-corrected chi connectivity index (χ2v) is 6.86. The van der Waals surface area contributed by atoms with Gasteiger partial charge in [0.1, 0.15) is 11.6 Å². The second-order valence-electron chi connectivity index (χ2n) is 6.86. The molecule has 1 heterocycles. The lowest BCUT2D eigenvalue weighted by Crippen LogP contribution is -2.46. The summed E-state index contributed by atoms with van der Waals surface area (Å²) in [6.45, 7) is 6.47. The minimum atomic E-state index is -1.21. The molecular weight excluding hydrogens is 350 g/mol. The smallest absolute Gasteiger partial charge is 0.418 e. The zero-order chi connectivity index (χ0) is 19.9. The Kier molecular flexibility index (Phi) is 6.70. The number of hydrogen-bond donors (Lipinski definition) is 2. The van der Waals surface area contributed by atoms with E-state index in [4.69, 9.17) is 9.47 Å². The molecule has 8 heteroatoms. The number of nitrogens with one attached hydrogen (secondary N) is 2. The zero-order valence-corrected chi connectivity index (χ0v) is 15.4. The van der Waals surface area contributed by atoms with Crippen LogP contribution in [0.15, 0.2) is 42.9 Å². The standard InChI is InChI=1S/C19H22N3O5/c1-19(2,3)27-18(25)22-15(9-14-10-20-11-21-14)16(24)17(26-12-23)13-7-5-4-6-8-13/h4-8,10-11,15,17H,9H2,1-3H3,(H,20,21)(H,22,25)/t15-,17?/m0/s1. The Morgan fingerprint density at radius 1 is 1.26 bits per heavy atom. The molecule has 2 N–H and O–H groups in total. The van der Waals surface area contributed by atoms with Gasteiger partial charge in [-0.25, -0.2) is 14.6 Å². The van der Waals surface area contributed by atoms with Crippen molar-refractivity contribution >= 4 is 18.3 Å². The predicted molar refractivity (Wildman–Crippen MR) is 96.4 cm³/mol. The largest absolute Gasteiger partial charge is 0.444 e. The third-order valence-electron chi connectivity index (χ3n) is 3.53. The lowest BCUT2D eigenvalue weighted by atomic mass is 9.97. The zero-order valence-electron chi connectivity index (χ0n) is 15.4. The highest BCUT2D eigenvalue weighted by molar-refractivity contribution is 5.92. The molecule has 0 aliphatic rings. The first-order valence-corrected chi connectivity index (χ1v) is 8.39. The van der Waals surface area contributed by atoms with E-state index in [2.05, 4.69) is 15.3 Å². The van der Waals surface area contributed by atoms with Gasteiger partial charge in [0.15, 0.2) is 6.10 Å². The molecule has 0 saturated heterocycles. The average Bonchev–Trinajstić information content (AvgIpc) is 3.11. The number of Topliss-reactive ketones (excluding diaryl/α,β-unsaturated/α-hetero) is 1. The van der Waals surface area contributed by atoms with Crippen molar-refractivity contribution in [3.8, 4) is 0 Å². The van der Waals surface area contributed by atoms with Crippen molar-refractivity contribution in [2.45, 2.75) is 44.9 Å². The quantitative estimate of drug-likeness (QED) is 0.735. The number of aromatic amines is 1. The van der Waals surface area contributed by atoms with Gasteiger partial charge in [-0.3, -0.25) is 4.79 Å². The fraction of sp³-hybridized carbons (Fsp3) is 0.368. The number of hydrogen-bond acceptors (Lipinski definition) is 6. The highest BCUT2D eigenvalue weighted by Crippen LogP contribution is 2.20. The van der Waals surface area contributed by atoms with Crippen LogP contribution in [0.4, 0.5) is 4.79 Å². The normalized spacial score (nSPS) is 13.3. The molecular formula is C19H22N3O5. The number of carbonyl (C=O) groups excluding carboxylic acids is 3. The first-order chi connectivity index (χ1) is 12.8. The van der Waals surface area contributed by atoms with Gasteiger partial charge in [0.2, 0.25) is 5.78 Å². The van der Waals surface area contributed by atoms with Gasteiger partial charge in [-0.1, -0.05) is 30.3 Å². The molecule has 8 nitrogen and oxygen atoms in total. The minimum Gasteiger partial charge on any atom is -0.444 e. The average molecular weight is 372 g/mol. The van der Waals surface area contributed by atoms with Crippen LogP contribution in [0.5, 0.6) is 0 Å². The van der Waals surface area contributed by atoms with Crippen molar-refractivity contribution in [2.24, 2.45) is 0 Å². The van der Waals surface area contributed by atoms with Crippen molar-refractivity contribution < 1.29 is 23.9 Å². The van der Waals surface area contributed by atoms with Gasteiger partial charge in [-0.05, 0) is 20.8 Å². The maximum atomic E-state index is 13.0. The summed E-state index contributed by atoms with van der Waals surface area (Å²) in [7, 11) is 0. The number of rotatable bonds is 8. The molecule has 143 valence electrons.